The Bertz CT molecular complexity index is 378. The molecule has 94 valence electrons. The van der Waals surface area contributed by atoms with E-state index < -0.39 is 0 Å². The second-order valence-corrected chi connectivity index (χ2v) is 5.94. The number of thiophene rings is 1. The standard InChI is InChI=1S/C13H21N3S/c1-10-7-8-12(17-10)9-15-13(14-2)16-11-5-3-4-6-11/h7-8,11H,3-6,9H2,1-2H3,(H2,14,15,16). The first kappa shape index (κ1) is 12.4. The molecule has 0 saturated heterocycles. The molecule has 0 unspecified atom stereocenters. The van der Waals surface area contributed by atoms with E-state index in [1.165, 1.54) is 35.4 Å². The molecule has 3 nitrogen and oxygen atoms in total. The Balaban J connectivity index is 1.79. The minimum Gasteiger partial charge on any atom is -0.354 e. The van der Waals surface area contributed by atoms with E-state index in [0.717, 1.165) is 12.5 Å². The molecule has 1 heterocycles. The Morgan fingerprint density at radius 3 is 2.76 bits per heavy atom. The minimum absolute atomic E-state index is 0.617. The second kappa shape index (κ2) is 6.05. The van der Waals surface area contributed by atoms with Gasteiger partial charge in [0, 0.05) is 22.8 Å². The van der Waals surface area contributed by atoms with Gasteiger partial charge < -0.3 is 10.6 Å². The molecule has 1 saturated carbocycles. The molecular formula is C13H21N3S. The Hall–Kier alpha value is -1.03. The maximum atomic E-state index is 4.27. The molecule has 2 rings (SSSR count). The van der Waals surface area contributed by atoms with E-state index in [1.54, 1.807) is 0 Å². The van der Waals surface area contributed by atoms with Crippen LogP contribution in [0, 0.1) is 6.92 Å². The molecule has 0 aliphatic heterocycles. The van der Waals surface area contributed by atoms with Crippen LogP contribution in [0.1, 0.15) is 35.4 Å². The number of aliphatic imine (C=N–C) groups is 1. The first-order valence-corrected chi connectivity index (χ1v) is 7.12. The van der Waals surface area contributed by atoms with E-state index in [1.807, 2.05) is 18.4 Å². The van der Waals surface area contributed by atoms with Crippen molar-refractivity contribution >= 4 is 17.3 Å². The van der Waals surface area contributed by atoms with Crippen LogP contribution in [0.2, 0.25) is 0 Å². The number of rotatable bonds is 3. The molecule has 0 spiro atoms. The van der Waals surface area contributed by atoms with Gasteiger partial charge in [0.15, 0.2) is 5.96 Å². The Labute approximate surface area is 107 Å². The summed E-state index contributed by atoms with van der Waals surface area (Å²) in [4.78, 5) is 6.99. The van der Waals surface area contributed by atoms with Gasteiger partial charge in [0.1, 0.15) is 0 Å². The SMILES string of the molecule is CN=C(NCc1ccc(C)s1)NC1CCCC1. The van der Waals surface area contributed by atoms with Gasteiger partial charge in [-0.05, 0) is 31.9 Å². The van der Waals surface area contributed by atoms with E-state index in [-0.39, 0.29) is 0 Å². The second-order valence-electron chi connectivity index (χ2n) is 4.56. The van der Waals surface area contributed by atoms with Crippen molar-refractivity contribution in [3.63, 3.8) is 0 Å². The zero-order valence-corrected chi connectivity index (χ0v) is 11.4. The minimum atomic E-state index is 0.617. The lowest BCUT2D eigenvalue weighted by molar-refractivity contribution is 0.614. The van der Waals surface area contributed by atoms with Gasteiger partial charge >= 0.3 is 0 Å². The highest BCUT2D eigenvalue weighted by Gasteiger charge is 2.15. The molecule has 1 aliphatic rings. The predicted octanol–water partition coefficient (Wildman–Crippen LogP) is 2.66. The normalized spacial score (nSPS) is 17.4. The van der Waals surface area contributed by atoms with Crippen LogP contribution in [0.5, 0.6) is 0 Å². The van der Waals surface area contributed by atoms with Crippen molar-refractivity contribution in [3.05, 3.63) is 21.9 Å². The van der Waals surface area contributed by atoms with Crippen LogP contribution in [0.15, 0.2) is 17.1 Å². The van der Waals surface area contributed by atoms with Crippen molar-refractivity contribution < 1.29 is 0 Å². The van der Waals surface area contributed by atoms with Gasteiger partial charge in [-0.3, -0.25) is 4.99 Å². The largest absolute Gasteiger partial charge is 0.354 e. The molecule has 0 radical (unpaired) electrons. The van der Waals surface area contributed by atoms with Crippen LogP contribution in [-0.2, 0) is 6.54 Å². The van der Waals surface area contributed by atoms with Gasteiger partial charge in [0.25, 0.3) is 0 Å². The molecule has 1 aromatic rings. The van der Waals surface area contributed by atoms with E-state index >= 15 is 0 Å². The summed E-state index contributed by atoms with van der Waals surface area (Å²) in [5.41, 5.74) is 0. The van der Waals surface area contributed by atoms with Crippen LogP contribution in [-0.4, -0.2) is 19.0 Å². The summed E-state index contributed by atoms with van der Waals surface area (Å²) in [5, 5.41) is 6.86. The molecule has 0 bridgehead atoms. The van der Waals surface area contributed by atoms with Gasteiger partial charge in [0.05, 0.1) is 6.54 Å². The van der Waals surface area contributed by atoms with Crippen molar-refractivity contribution in [2.45, 2.75) is 45.2 Å². The van der Waals surface area contributed by atoms with Crippen LogP contribution in [0.3, 0.4) is 0 Å². The molecule has 4 heteroatoms. The average molecular weight is 251 g/mol. The monoisotopic (exact) mass is 251 g/mol. The molecule has 17 heavy (non-hydrogen) atoms. The molecular weight excluding hydrogens is 230 g/mol. The van der Waals surface area contributed by atoms with E-state index in [4.69, 9.17) is 0 Å². The summed E-state index contributed by atoms with van der Waals surface area (Å²) in [5.74, 6) is 0.933. The third-order valence-electron chi connectivity index (χ3n) is 3.15. The number of hydrogen-bond acceptors (Lipinski definition) is 2. The highest BCUT2D eigenvalue weighted by atomic mass is 32.1. The Kier molecular flexibility index (Phi) is 4.42. The summed E-state index contributed by atoms with van der Waals surface area (Å²) in [6, 6.07) is 4.95. The van der Waals surface area contributed by atoms with Gasteiger partial charge in [0.2, 0.25) is 0 Å². The average Bonchev–Trinajstić information content (AvgIpc) is 2.96. The predicted molar refractivity (Wildman–Crippen MR) is 74.6 cm³/mol. The maximum Gasteiger partial charge on any atom is 0.191 e. The first-order valence-electron chi connectivity index (χ1n) is 6.30. The smallest absolute Gasteiger partial charge is 0.191 e. The van der Waals surface area contributed by atoms with E-state index in [9.17, 15) is 0 Å². The molecule has 1 fully saturated rings. The fourth-order valence-electron chi connectivity index (χ4n) is 2.21. The number of nitrogens with zero attached hydrogens (tertiary/aromatic N) is 1. The molecule has 0 aromatic carbocycles. The topological polar surface area (TPSA) is 36.4 Å². The molecule has 0 atom stereocenters. The molecule has 0 amide bonds. The number of aryl methyl sites for hydroxylation is 1. The maximum absolute atomic E-state index is 4.27. The molecule has 2 N–H and O–H groups in total. The zero-order chi connectivity index (χ0) is 12.1. The Morgan fingerprint density at radius 1 is 1.41 bits per heavy atom. The van der Waals surface area contributed by atoms with Gasteiger partial charge in [-0.25, -0.2) is 0 Å². The highest BCUT2D eigenvalue weighted by Crippen LogP contribution is 2.17. The molecule has 1 aliphatic carbocycles. The lowest BCUT2D eigenvalue weighted by Crippen LogP contribution is -2.41. The van der Waals surface area contributed by atoms with Crippen LogP contribution in [0.25, 0.3) is 0 Å². The van der Waals surface area contributed by atoms with Crippen molar-refractivity contribution in [2.24, 2.45) is 4.99 Å². The summed E-state index contributed by atoms with van der Waals surface area (Å²) in [7, 11) is 1.84. The van der Waals surface area contributed by atoms with Gasteiger partial charge in [-0.1, -0.05) is 12.8 Å². The van der Waals surface area contributed by atoms with Crippen molar-refractivity contribution in [1.29, 1.82) is 0 Å². The van der Waals surface area contributed by atoms with Crippen molar-refractivity contribution in [2.75, 3.05) is 7.05 Å². The van der Waals surface area contributed by atoms with E-state index in [2.05, 4.69) is 34.7 Å². The van der Waals surface area contributed by atoms with Crippen LogP contribution < -0.4 is 10.6 Å². The van der Waals surface area contributed by atoms with Crippen LogP contribution >= 0.6 is 11.3 Å². The fourth-order valence-corrected chi connectivity index (χ4v) is 3.04. The summed E-state index contributed by atoms with van der Waals surface area (Å²) >= 11 is 1.84. The summed E-state index contributed by atoms with van der Waals surface area (Å²) in [6.07, 6.45) is 5.25. The summed E-state index contributed by atoms with van der Waals surface area (Å²) in [6.45, 7) is 3.00. The summed E-state index contributed by atoms with van der Waals surface area (Å²) < 4.78 is 0. The number of nitrogens with one attached hydrogen (secondary N) is 2. The molecule has 1 aromatic heterocycles. The van der Waals surface area contributed by atoms with Gasteiger partial charge in [-0.15, -0.1) is 11.3 Å². The fraction of sp³-hybridized carbons (Fsp3) is 0.615. The van der Waals surface area contributed by atoms with E-state index in [0.29, 0.717) is 6.04 Å². The number of hydrogen-bond donors (Lipinski definition) is 2. The van der Waals surface area contributed by atoms with Crippen molar-refractivity contribution in [1.82, 2.24) is 10.6 Å². The van der Waals surface area contributed by atoms with Crippen LogP contribution in [0.4, 0.5) is 0 Å². The first-order chi connectivity index (χ1) is 8.28. The Morgan fingerprint density at radius 2 is 2.18 bits per heavy atom. The highest BCUT2D eigenvalue weighted by molar-refractivity contribution is 7.11. The quantitative estimate of drug-likeness (QED) is 0.640. The number of guanidine groups is 1. The lowest BCUT2D eigenvalue weighted by atomic mass is 10.2. The van der Waals surface area contributed by atoms with Gasteiger partial charge in [-0.2, -0.15) is 0 Å². The third-order valence-corrected chi connectivity index (χ3v) is 4.15. The van der Waals surface area contributed by atoms with Crippen molar-refractivity contribution in [3.8, 4) is 0 Å². The third kappa shape index (κ3) is 3.73. The lowest BCUT2D eigenvalue weighted by Gasteiger charge is -2.16. The zero-order valence-electron chi connectivity index (χ0n) is 10.6.